The molecule has 2 heteroatoms. The molecule has 0 heterocycles. The quantitative estimate of drug-likeness (QED) is 0.819. The highest BCUT2D eigenvalue weighted by Crippen LogP contribution is 2.40. The standard InChI is InChI=1S/C13H18O2/c1-3-10-4-5-12(15-2)11(8-10)9-13(14)6-7-13/h4-5,8,14H,3,6-7,9H2,1-2H3. The molecule has 1 fully saturated rings. The molecule has 2 rings (SSSR count). The summed E-state index contributed by atoms with van der Waals surface area (Å²) >= 11 is 0. The zero-order valence-electron chi connectivity index (χ0n) is 9.42. The largest absolute Gasteiger partial charge is 0.496 e. The van der Waals surface area contributed by atoms with E-state index in [-0.39, 0.29) is 0 Å². The molecule has 0 aromatic heterocycles. The van der Waals surface area contributed by atoms with Gasteiger partial charge in [0.05, 0.1) is 12.7 Å². The van der Waals surface area contributed by atoms with Crippen LogP contribution in [-0.2, 0) is 12.8 Å². The highest BCUT2D eigenvalue weighted by atomic mass is 16.5. The molecule has 1 aromatic carbocycles. The molecule has 1 saturated carbocycles. The van der Waals surface area contributed by atoms with Crippen LogP contribution in [0.25, 0.3) is 0 Å². The zero-order valence-corrected chi connectivity index (χ0v) is 9.42. The summed E-state index contributed by atoms with van der Waals surface area (Å²) in [6, 6.07) is 6.23. The van der Waals surface area contributed by atoms with Gasteiger partial charge in [0, 0.05) is 6.42 Å². The zero-order chi connectivity index (χ0) is 10.9. The summed E-state index contributed by atoms with van der Waals surface area (Å²) in [6.07, 6.45) is 3.60. The minimum Gasteiger partial charge on any atom is -0.496 e. The minimum atomic E-state index is -0.445. The van der Waals surface area contributed by atoms with Gasteiger partial charge in [0.1, 0.15) is 5.75 Å². The first-order valence-electron chi connectivity index (χ1n) is 5.55. The van der Waals surface area contributed by atoms with E-state index in [4.69, 9.17) is 4.74 Å². The van der Waals surface area contributed by atoms with Crippen molar-refractivity contribution in [2.75, 3.05) is 7.11 Å². The van der Waals surface area contributed by atoms with Gasteiger partial charge in [-0.2, -0.15) is 0 Å². The van der Waals surface area contributed by atoms with Gasteiger partial charge < -0.3 is 9.84 Å². The van der Waals surface area contributed by atoms with Crippen LogP contribution < -0.4 is 4.74 Å². The van der Waals surface area contributed by atoms with Crippen molar-refractivity contribution in [2.24, 2.45) is 0 Å². The van der Waals surface area contributed by atoms with E-state index in [2.05, 4.69) is 19.1 Å². The van der Waals surface area contributed by atoms with E-state index in [9.17, 15) is 5.11 Å². The van der Waals surface area contributed by atoms with Crippen molar-refractivity contribution in [1.29, 1.82) is 0 Å². The lowest BCUT2D eigenvalue weighted by Gasteiger charge is -2.13. The summed E-state index contributed by atoms with van der Waals surface area (Å²) in [6.45, 7) is 2.14. The Morgan fingerprint density at radius 3 is 2.67 bits per heavy atom. The van der Waals surface area contributed by atoms with Crippen LogP contribution in [0.15, 0.2) is 18.2 Å². The van der Waals surface area contributed by atoms with Crippen molar-refractivity contribution in [3.63, 3.8) is 0 Å². The van der Waals surface area contributed by atoms with Crippen LogP contribution in [0.3, 0.4) is 0 Å². The molecule has 0 unspecified atom stereocenters. The van der Waals surface area contributed by atoms with Gasteiger partial charge in [-0.3, -0.25) is 0 Å². The van der Waals surface area contributed by atoms with Gasteiger partial charge in [0.25, 0.3) is 0 Å². The van der Waals surface area contributed by atoms with E-state index in [0.717, 1.165) is 37.0 Å². The van der Waals surface area contributed by atoms with Crippen molar-refractivity contribution >= 4 is 0 Å². The lowest BCUT2D eigenvalue weighted by molar-refractivity contribution is 0.150. The number of ether oxygens (including phenoxy) is 1. The maximum atomic E-state index is 9.91. The Morgan fingerprint density at radius 1 is 1.40 bits per heavy atom. The number of hydrogen-bond acceptors (Lipinski definition) is 2. The van der Waals surface area contributed by atoms with E-state index < -0.39 is 5.60 Å². The number of benzene rings is 1. The summed E-state index contributed by atoms with van der Waals surface area (Å²) in [7, 11) is 1.68. The number of aryl methyl sites for hydroxylation is 1. The summed E-state index contributed by atoms with van der Waals surface area (Å²) in [5, 5.41) is 9.91. The second-order valence-electron chi connectivity index (χ2n) is 4.40. The van der Waals surface area contributed by atoms with Crippen molar-refractivity contribution in [3.8, 4) is 5.75 Å². The van der Waals surface area contributed by atoms with Crippen LogP contribution in [0.4, 0.5) is 0 Å². The number of methoxy groups -OCH3 is 1. The Balaban J connectivity index is 2.25. The number of aliphatic hydroxyl groups is 1. The second-order valence-corrected chi connectivity index (χ2v) is 4.40. The van der Waals surface area contributed by atoms with Gasteiger partial charge in [-0.15, -0.1) is 0 Å². The van der Waals surface area contributed by atoms with Gasteiger partial charge in [0.15, 0.2) is 0 Å². The van der Waals surface area contributed by atoms with E-state index in [1.54, 1.807) is 7.11 Å². The summed E-state index contributed by atoms with van der Waals surface area (Å²) in [5.74, 6) is 0.896. The minimum absolute atomic E-state index is 0.445. The fraction of sp³-hybridized carbons (Fsp3) is 0.538. The molecule has 0 atom stereocenters. The maximum Gasteiger partial charge on any atom is 0.122 e. The molecule has 1 aromatic rings. The van der Waals surface area contributed by atoms with E-state index >= 15 is 0 Å². The van der Waals surface area contributed by atoms with Gasteiger partial charge in [-0.1, -0.05) is 19.1 Å². The highest BCUT2D eigenvalue weighted by Gasteiger charge is 2.40. The SMILES string of the molecule is CCc1ccc(OC)c(CC2(O)CC2)c1. The predicted molar refractivity (Wildman–Crippen MR) is 60.3 cm³/mol. The van der Waals surface area contributed by atoms with Crippen LogP contribution in [0.2, 0.25) is 0 Å². The van der Waals surface area contributed by atoms with Gasteiger partial charge in [-0.05, 0) is 36.5 Å². The molecule has 1 aliphatic rings. The smallest absolute Gasteiger partial charge is 0.122 e. The maximum absolute atomic E-state index is 9.91. The molecule has 0 spiro atoms. The van der Waals surface area contributed by atoms with Gasteiger partial charge in [0.2, 0.25) is 0 Å². The Kier molecular flexibility index (Phi) is 2.70. The van der Waals surface area contributed by atoms with Crippen LogP contribution in [0.1, 0.15) is 30.9 Å². The third kappa shape index (κ3) is 2.32. The normalized spacial score (nSPS) is 17.5. The lowest BCUT2D eigenvalue weighted by Crippen LogP contribution is -2.11. The molecule has 1 aliphatic carbocycles. The molecule has 0 bridgehead atoms. The second kappa shape index (κ2) is 3.86. The summed E-state index contributed by atoms with van der Waals surface area (Å²) in [4.78, 5) is 0. The topological polar surface area (TPSA) is 29.5 Å². The van der Waals surface area contributed by atoms with Gasteiger partial charge >= 0.3 is 0 Å². The molecule has 0 saturated heterocycles. The number of rotatable bonds is 4. The molecule has 82 valence electrons. The summed E-state index contributed by atoms with van der Waals surface area (Å²) < 4.78 is 5.31. The third-order valence-corrected chi connectivity index (χ3v) is 3.10. The van der Waals surface area contributed by atoms with E-state index in [1.807, 2.05) is 6.07 Å². The Hall–Kier alpha value is -1.02. The van der Waals surface area contributed by atoms with Gasteiger partial charge in [-0.25, -0.2) is 0 Å². The van der Waals surface area contributed by atoms with Crippen LogP contribution >= 0.6 is 0 Å². The average molecular weight is 206 g/mol. The molecule has 2 nitrogen and oxygen atoms in total. The molecular weight excluding hydrogens is 188 g/mol. The fourth-order valence-electron chi connectivity index (χ4n) is 1.87. The van der Waals surface area contributed by atoms with Crippen LogP contribution in [0.5, 0.6) is 5.75 Å². The lowest BCUT2D eigenvalue weighted by atomic mass is 10.0. The average Bonchev–Trinajstić information content (AvgIpc) is 2.96. The van der Waals surface area contributed by atoms with Crippen molar-refractivity contribution in [3.05, 3.63) is 29.3 Å². The molecule has 0 aliphatic heterocycles. The number of hydrogen-bond donors (Lipinski definition) is 1. The first-order valence-corrected chi connectivity index (χ1v) is 5.55. The highest BCUT2D eigenvalue weighted by molar-refractivity contribution is 5.39. The fourth-order valence-corrected chi connectivity index (χ4v) is 1.87. The first kappa shape index (κ1) is 10.5. The molecule has 15 heavy (non-hydrogen) atoms. The summed E-state index contributed by atoms with van der Waals surface area (Å²) in [5.41, 5.74) is 1.99. The molecule has 0 radical (unpaired) electrons. The molecule has 1 N–H and O–H groups in total. The van der Waals surface area contributed by atoms with E-state index in [1.165, 1.54) is 5.56 Å². The van der Waals surface area contributed by atoms with Crippen LogP contribution in [-0.4, -0.2) is 17.8 Å². The third-order valence-electron chi connectivity index (χ3n) is 3.10. The molecular formula is C13H18O2. The Bertz CT molecular complexity index is 354. The van der Waals surface area contributed by atoms with Crippen molar-refractivity contribution in [2.45, 2.75) is 38.2 Å². The Labute approximate surface area is 90.9 Å². The predicted octanol–water partition coefficient (Wildman–Crippen LogP) is 2.33. The molecule has 0 amide bonds. The monoisotopic (exact) mass is 206 g/mol. The Morgan fingerprint density at radius 2 is 2.13 bits per heavy atom. The first-order chi connectivity index (χ1) is 7.17. The van der Waals surface area contributed by atoms with Crippen LogP contribution in [0, 0.1) is 0 Å². The van der Waals surface area contributed by atoms with E-state index in [0.29, 0.717) is 0 Å². The van der Waals surface area contributed by atoms with Crippen molar-refractivity contribution < 1.29 is 9.84 Å². The van der Waals surface area contributed by atoms with Crippen molar-refractivity contribution in [1.82, 2.24) is 0 Å².